The van der Waals surface area contributed by atoms with E-state index in [1.807, 2.05) is 0 Å². The van der Waals surface area contributed by atoms with Crippen molar-refractivity contribution >= 4 is 17.9 Å². The molecule has 0 saturated heterocycles. The zero-order chi connectivity index (χ0) is 47.2. The lowest BCUT2D eigenvalue weighted by molar-refractivity contribution is -0.167. The van der Waals surface area contributed by atoms with Gasteiger partial charge in [-0.2, -0.15) is 0 Å². The van der Waals surface area contributed by atoms with Gasteiger partial charge in [0, 0.05) is 19.3 Å². The molecule has 0 fully saturated rings. The van der Waals surface area contributed by atoms with Crippen LogP contribution in [-0.4, -0.2) is 37.2 Å². The first-order valence-corrected chi connectivity index (χ1v) is 28.8. The second-order valence-electron chi connectivity index (χ2n) is 19.6. The molecule has 0 bridgehead atoms. The molecule has 0 rings (SSSR count). The predicted octanol–water partition coefficient (Wildman–Crippen LogP) is 19.1. The van der Waals surface area contributed by atoms with Gasteiger partial charge in [-0.15, -0.1) is 0 Å². The van der Waals surface area contributed by atoms with Gasteiger partial charge in [-0.3, -0.25) is 14.4 Å². The highest BCUT2D eigenvalue weighted by Gasteiger charge is 2.19. The Bertz CT molecular complexity index is 1050. The average molecular weight is 916 g/mol. The third-order valence-corrected chi connectivity index (χ3v) is 12.9. The van der Waals surface area contributed by atoms with Crippen LogP contribution in [-0.2, 0) is 28.6 Å². The number of allylic oxidation sites excluding steroid dienone is 4. The minimum absolute atomic E-state index is 0.0696. The van der Waals surface area contributed by atoms with Gasteiger partial charge in [0.05, 0.1) is 0 Å². The lowest BCUT2D eigenvalue weighted by Crippen LogP contribution is -2.30. The van der Waals surface area contributed by atoms with Crippen LogP contribution in [0.4, 0.5) is 0 Å². The monoisotopic (exact) mass is 915 g/mol. The molecule has 0 aliphatic heterocycles. The number of ether oxygens (including phenoxy) is 3. The summed E-state index contributed by atoms with van der Waals surface area (Å²) in [7, 11) is 0. The van der Waals surface area contributed by atoms with E-state index in [9.17, 15) is 14.4 Å². The zero-order valence-corrected chi connectivity index (χ0v) is 43.8. The van der Waals surface area contributed by atoms with Crippen LogP contribution in [0.25, 0.3) is 0 Å². The number of esters is 3. The predicted molar refractivity (Wildman–Crippen MR) is 279 cm³/mol. The van der Waals surface area contributed by atoms with E-state index in [-0.39, 0.29) is 31.1 Å². The van der Waals surface area contributed by atoms with Gasteiger partial charge in [-0.25, -0.2) is 0 Å². The van der Waals surface area contributed by atoms with E-state index in [0.29, 0.717) is 19.3 Å². The molecule has 382 valence electrons. The van der Waals surface area contributed by atoms with Crippen molar-refractivity contribution in [1.82, 2.24) is 0 Å². The van der Waals surface area contributed by atoms with Crippen molar-refractivity contribution in [2.24, 2.45) is 0 Å². The Labute approximate surface area is 404 Å². The summed E-state index contributed by atoms with van der Waals surface area (Å²) in [6, 6.07) is 0. The van der Waals surface area contributed by atoms with Crippen molar-refractivity contribution in [3.63, 3.8) is 0 Å². The smallest absolute Gasteiger partial charge is 0.306 e. The summed E-state index contributed by atoms with van der Waals surface area (Å²) in [5.41, 5.74) is 0. The fourth-order valence-electron chi connectivity index (χ4n) is 8.55. The van der Waals surface area contributed by atoms with Crippen molar-refractivity contribution < 1.29 is 28.6 Å². The van der Waals surface area contributed by atoms with Gasteiger partial charge in [-0.05, 0) is 70.6 Å². The SMILES string of the molecule is CCCCCC/C=C\CCCCCCCC(=O)OC[C@H](COC(=O)CCCCCCCCCCCCCCC)OC(=O)CCCCCCCCCCCCC/C=C\CCCCCCCC. The van der Waals surface area contributed by atoms with Crippen LogP contribution in [0.3, 0.4) is 0 Å². The van der Waals surface area contributed by atoms with Crippen LogP contribution in [0.5, 0.6) is 0 Å². The van der Waals surface area contributed by atoms with E-state index in [1.165, 1.54) is 212 Å². The molecule has 6 nitrogen and oxygen atoms in total. The van der Waals surface area contributed by atoms with Crippen molar-refractivity contribution in [3.05, 3.63) is 24.3 Å². The Morgan fingerprint density at radius 1 is 0.292 bits per heavy atom. The highest BCUT2D eigenvalue weighted by Crippen LogP contribution is 2.16. The first kappa shape index (κ1) is 62.9. The Morgan fingerprint density at radius 3 is 0.785 bits per heavy atom. The normalized spacial score (nSPS) is 12.1. The Kier molecular flexibility index (Phi) is 52.7. The average Bonchev–Trinajstić information content (AvgIpc) is 3.30. The molecule has 65 heavy (non-hydrogen) atoms. The first-order valence-electron chi connectivity index (χ1n) is 28.8. The summed E-state index contributed by atoms with van der Waals surface area (Å²) in [6.07, 6.45) is 63.1. The molecular formula is C59H110O6. The number of carbonyl (C=O) groups is 3. The lowest BCUT2D eigenvalue weighted by Gasteiger charge is -2.18. The van der Waals surface area contributed by atoms with Gasteiger partial charge in [-0.1, -0.05) is 251 Å². The van der Waals surface area contributed by atoms with Crippen LogP contribution < -0.4 is 0 Å². The van der Waals surface area contributed by atoms with Crippen molar-refractivity contribution in [1.29, 1.82) is 0 Å². The molecule has 0 saturated carbocycles. The molecule has 0 heterocycles. The minimum Gasteiger partial charge on any atom is -0.462 e. The molecular weight excluding hydrogens is 805 g/mol. The maximum atomic E-state index is 12.8. The Hall–Kier alpha value is -2.11. The van der Waals surface area contributed by atoms with Gasteiger partial charge in [0.25, 0.3) is 0 Å². The lowest BCUT2D eigenvalue weighted by atomic mass is 10.0. The number of hydrogen-bond donors (Lipinski definition) is 0. The third-order valence-electron chi connectivity index (χ3n) is 12.9. The summed E-state index contributed by atoms with van der Waals surface area (Å²) in [5.74, 6) is -0.861. The Morgan fingerprint density at radius 2 is 0.508 bits per heavy atom. The first-order chi connectivity index (χ1) is 32.0. The van der Waals surface area contributed by atoms with Gasteiger partial charge in [0.2, 0.25) is 0 Å². The summed E-state index contributed by atoms with van der Waals surface area (Å²) >= 11 is 0. The molecule has 6 heteroatoms. The fraction of sp³-hybridized carbons (Fsp3) is 0.881. The fourth-order valence-corrected chi connectivity index (χ4v) is 8.55. The van der Waals surface area contributed by atoms with Crippen LogP contribution >= 0.6 is 0 Å². The van der Waals surface area contributed by atoms with Crippen molar-refractivity contribution in [3.8, 4) is 0 Å². The molecule has 0 aromatic carbocycles. The topological polar surface area (TPSA) is 78.9 Å². The molecule has 0 aliphatic carbocycles. The second-order valence-corrected chi connectivity index (χ2v) is 19.6. The zero-order valence-electron chi connectivity index (χ0n) is 43.8. The molecule has 0 aromatic heterocycles. The maximum absolute atomic E-state index is 12.8. The van der Waals surface area contributed by atoms with Gasteiger partial charge >= 0.3 is 17.9 Å². The number of hydrogen-bond acceptors (Lipinski definition) is 6. The van der Waals surface area contributed by atoms with Crippen LogP contribution in [0.1, 0.15) is 316 Å². The Balaban J connectivity index is 4.29. The molecule has 0 amide bonds. The van der Waals surface area contributed by atoms with E-state index in [2.05, 4.69) is 45.1 Å². The second kappa shape index (κ2) is 54.5. The molecule has 0 radical (unpaired) electrons. The number of rotatable bonds is 53. The largest absolute Gasteiger partial charge is 0.462 e. The van der Waals surface area contributed by atoms with Crippen molar-refractivity contribution in [2.45, 2.75) is 322 Å². The summed E-state index contributed by atoms with van der Waals surface area (Å²) in [5, 5.41) is 0. The van der Waals surface area contributed by atoms with Crippen LogP contribution in [0, 0.1) is 0 Å². The standard InChI is InChI=1S/C59H110O6/c1-4-7-10-13-16-19-22-25-26-27-28-29-30-31-32-35-38-41-44-47-50-53-59(62)65-56(54-63-57(60)51-48-45-42-39-36-33-23-20-17-14-11-8-5-2)55-64-58(61)52-49-46-43-40-37-34-24-21-18-15-12-9-6-3/h20,23,25-26,56H,4-19,21-22,24,27-55H2,1-3H3/b23-20-,26-25-/t56-/m1/s1. The summed E-state index contributed by atoms with van der Waals surface area (Å²) in [6.45, 7) is 6.65. The molecule has 0 unspecified atom stereocenters. The van der Waals surface area contributed by atoms with E-state index in [0.717, 1.165) is 64.2 Å². The highest BCUT2D eigenvalue weighted by atomic mass is 16.6. The third kappa shape index (κ3) is 52.7. The van der Waals surface area contributed by atoms with Gasteiger partial charge < -0.3 is 14.2 Å². The van der Waals surface area contributed by atoms with E-state index in [4.69, 9.17) is 14.2 Å². The van der Waals surface area contributed by atoms with E-state index in [1.54, 1.807) is 0 Å². The van der Waals surface area contributed by atoms with E-state index >= 15 is 0 Å². The quantitative estimate of drug-likeness (QED) is 0.0262. The molecule has 0 aromatic rings. The maximum Gasteiger partial charge on any atom is 0.306 e. The molecule has 0 spiro atoms. The molecule has 0 aliphatic rings. The molecule has 0 N–H and O–H groups in total. The van der Waals surface area contributed by atoms with Crippen LogP contribution in [0.15, 0.2) is 24.3 Å². The highest BCUT2D eigenvalue weighted by molar-refractivity contribution is 5.71. The minimum atomic E-state index is -0.770. The van der Waals surface area contributed by atoms with E-state index < -0.39 is 6.10 Å². The number of unbranched alkanes of at least 4 members (excludes halogenated alkanes) is 38. The van der Waals surface area contributed by atoms with Crippen molar-refractivity contribution in [2.75, 3.05) is 13.2 Å². The van der Waals surface area contributed by atoms with Gasteiger partial charge in [0.1, 0.15) is 13.2 Å². The summed E-state index contributed by atoms with van der Waals surface area (Å²) < 4.78 is 16.9. The molecule has 1 atom stereocenters. The van der Waals surface area contributed by atoms with Gasteiger partial charge in [0.15, 0.2) is 6.10 Å². The summed E-state index contributed by atoms with van der Waals surface area (Å²) in [4.78, 5) is 38.1. The van der Waals surface area contributed by atoms with Crippen LogP contribution in [0.2, 0.25) is 0 Å². The number of carbonyl (C=O) groups excluding carboxylic acids is 3.